The second-order valence-corrected chi connectivity index (χ2v) is 7.00. The van der Waals surface area contributed by atoms with E-state index in [1.807, 2.05) is 6.20 Å². The van der Waals surface area contributed by atoms with E-state index in [0.717, 1.165) is 17.9 Å². The number of halogens is 1. The molecule has 0 aliphatic heterocycles. The van der Waals surface area contributed by atoms with Gasteiger partial charge in [0.25, 0.3) is 0 Å². The molecule has 0 aromatic carbocycles. The first-order chi connectivity index (χ1) is 9.99. The Morgan fingerprint density at radius 3 is 2.36 bits per heavy atom. The zero-order chi connectivity index (χ0) is 15.5. The SMILES string of the molecule is CCc1nccc(N(C2CCCCC2)C(C)(C)C)c1OC.Cl. The molecule has 1 aliphatic rings. The minimum absolute atomic E-state index is 0. The van der Waals surface area contributed by atoms with Gasteiger partial charge >= 0.3 is 0 Å². The smallest absolute Gasteiger partial charge is 0.163 e. The van der Waals surface area contributed by atoms with Gasteiger partial charge in [-0.2, -0.15) is 0 Å². The van der Waals surface area contributed by atoms with E-state index < -0.39 is 0 Å². The molecule has 0 atom stereocenters. The molecule has 2 rings (SSSR count). The van der Waals surface area contributed by atoms with Crippen LogP contribution in [0.1, 0.15) is 65.5 Å². The van der Waals surface area contributed by atoms with Crippen molar-refractivity contribution in [2.45, 2.75) is 77.8 Å². The molecule has 0 spiro atoms. The summed E-state index contributed by atoms with van der Waals surface area (Å²) in [5, 5.41) is 0. The molecule has 0 unspecified atom stereocenters. The number of anilines is 1. The average Bonchev–Trinajstić information content (AvgIpc) is 2.46. The summed E-state index contributed by atoms with van der Waals surface area (Å²) in [6.45, 7) is 9.03. The summed E-state index contributed by atoms with van der Waals surface area (Å²) in [6.07, 6.45) is 9.45. The van der Waals surface area contributed by atoms with Crippen LogP contribution >= 0.6 is 12.4 Å². The molecule has 0 bridgehead atoms. The van der Waals surface area contributed by atoms with E-state index in [1.165, 1.54) is 37.8 Å². The fourth-order valence-corrected chi connectivity index (χ4v) is 3.59. The molecule has 0 amide bonds. The molecule has 0 N–H and O–H groups in total. The van der Waals surface area contributed by atoms with E-state index in [4.69, 9.17) is 4.74 Å². The summed E-state index contributed by atoms with van der Waals surface area (Å²) in [5.74, 6) is 0.959. The monoisotopic (exact) mass is 326 g/mol. The second-order valence-electron chi connectivity index (χ2n) is 7.00. The highest BCUT2D eigenvalue weighted by molar-refractivity contribution is 5.85. The highest BCUT2D eigenvalue weighted by Gasteiger charge is 2.32. The summed E-state index contributed by atoms with van der Waals surface area (Å²) in [4.78, 5) is 7.06. The second kappa shape index (κ2) is 8.05. The Kier molecular flexibility index (Phi) is 6.98. The highest BCUT2D eigenvalue weighted by atomic mass is 35.5. The molecule has 0 saturated heterocycles. The molecular weight excluding hydrogens is 296 g/mol. The Morgan fingerprint density at radius 2 is 1.86 bits per heavy atom. The standard InChI is InChI=1S/C18H30N2O.ClH/c1-6-15-17(21-5)16(12-13-19-15)20(18(2,3)4)14-10-8-7-9-11-14;/h12-14H,6-11H2,1-5H3;1H. The molecule has 1 saturated carbocycles. The van der Waals surface area contributed by atoms with Crippen LogP contribution in [0.2, 0.25) is 0 Å². The molecular formula is C18H31ClN2O. The molecule has 1 aromatic heterocycles. The lowest BCUT2D eigenvalue weighted by Crippen LogP contribution is -2.49. The maximum atomic E-state index is 5.73. The molecule has 22 heavy (non-hydrogen) atoms. The predicted molar refractivity (Wildman–Crippen MR) is 96.5 cm³/mol. The first kappa shape index (κ1) is 19.1. The first-order valence-electron chi connectivity index (χ1n) is 8.30. The van der Waals surface area contributed by atoms with Gasteiger partial charge in [-0.05, 0) is 46.1 Å². The number of hydrogen-bond acceptors (Lipinski definition) is 3. The third-order valence-corrected chi connectivity index (χ3v) is 4.42. The summed E-state index contributed by atoms with van der Waals surface area (Å²) >= 11 is 0. The van der Waals surface area contributed by atoms with Gasteiger partial charge in [0, 0.05) is 17.8 Å². The van der Waals surface area contributed by atoms with Crippen LogP contribution in [0, 0.1) is 0 Å². The van der Waals surface area contributed by atoms with Crippen molar-refractivity contribution in [1.29, 1.82) is 0 Å². The molecule has 1 aliphatic carbocycles. The first-order valence-corrected chi connectivity index (χ1v) is 8.30. The van der Waals surface area contributed by atoms with Crippen LogP contribution in [0.4, 0.5) is 5.69 Å². The topological polar surface area (TPSA) is 25.4 Å². The lowest BCUT2D eigenvalue weighted by Gasteiger charge is -2.45. The molecule has 1 heterocycles. The molecule has 3 nitrogen and oxygen atoms in total. The van der Waals surface area contributed by atoms with Crippen molar-refractivity contribution in [1.82, 2.24) is 4.98 Å². The largest absolute Gasteiger partial charge is 0.493 e. The van der Waals surface area contributed by atoms with Crippen molar-refractivity contribution < 1.29 is 4.74 Å². The van der Waals surface area contributed by atoms with E-state index in [0.29, 0.717) is 6.04 Å². The van der Waals surface area contributed by atoms with Crippen LogP contribution in [0.5, 0.6) is 5.75 Å². The van der Waals surface area contributed by atoms with Gasteiger partial charge in [0.1, 0.15) is 0 Å². The number of methoxy groups -OCH3 is 1. The van der Waals surface area contributed by atoms with Crippen LogP contribution in [0.3, 0.4) is 0 Å². The molecule has 4 heteroatoms. The fraction of sp³-hybridized carbons (Fsp3) is 0.722. The third-order valence-electron chi connectivity index (χ3n) is 4.42. The van der Waals surface area contributed by atoms with Crippen molar-refractivity contribution in [3.05, 3.63) is 18.0 Å². The Bertz CT molecular complexity index is 465. The number of nitrogens with zero attached hydrogens (tertiary/aromatic N) is 2. The Morgan fingerprint density at radius 1 is 1.23 bits per heavy atom. The van der Waals surface area contributed by atoms with Gasteiger partial charge in [-0.3, -0.25) is 4.98 Å². The quantitative estimate of drug-likeness (QED) is 0.777. The van der Waals surface area contributed by atoms with E-state index >= 15 is 0 Å². The van der Waals surface area contributed by atoms with Crippen LogP contribution < -0.4 is 9.64 Å². The maximum absolute atomic E-state index is 5.73. The lowest BCUT2D eigenvalue weighted by molar-refractivity contribution is 0.344. The van der Waals surface area contributed by atoms with E-state index in [-0.39, 0.29) is 17.9 Å². The minimum Gasteiger partial charge on any atom is -0.493 e. The fourth-order valence-electron chi connectivity index (χ4n) is 3.59. The summed E-state index contributed by atoms with van der Waals surface area (Å²) in [7, 11) is 1.77. The van der Waals surface area contributed by atoms with Gasteiger partial charge in [0.15, 0.2) is 5.75 Å². The van der Waals surface area contributed by atoms with Gasteiger partial charge in [0.05, 0.1) is 18.5 Å². The van der Waals surface area contributed by atoms with E-state index in [2.05, 4.69) is 43.6 Å². The van der Waals surface area contributed by atoms with Crippen LogP contribution in [-0.4, -0.2) is 23.7 Å². The highest BCUT2D eigenvalue weighted by Crippen LogP contribution is 2.39. The maximum Gasteiger partial charge on any atom is 0.163 e. The molecule has 1 aromatic rings. The number of hydrogen-bond donors (Lipinski definition) is 0. The zero-order valence-electron chi connectivity index (χ0n) is 14.7. The van der Waals surface area contributed by atoms with E-state index in [9.17, 15) is 0 Å². The van der Waals surface area contributed by atoms with Crippen molar-refractivity contribution in [3.8, 4) is 5.75 Å². The molecule has 0 radical (unpaired) electrons. The normalized spacial score (nSPS) is 16.0. The van der Waals surface area contributed by atoms with Crippen molar-refractivity contribution in [2.24, 2.45) is 0 Å². The average molecular weight is 327 g/mol. The Labute approximate surface area is 141 Å². The van der Waals surface area contributed by atoms with Crippen LogP contribution in [0.15, 0.2) is 12.3 Å². The van der Waals surface area contributed by atoms with Gasteiger partial charge in [-0.15, -0.1) is 12.4 Å². The summed E-state index contributed by atoms with van der Waals surface area (Å²) in [5.41, 5.74) is 2.35. The Balaban J connectivity index is 0.00000242. The molecule has 1 fully saturated rings. The van der Waals surface area contributed by atoms with Crippen LogP contribution in [0.25, 0.3) is 0 Å². The number of ether oxygens (including phenoxy) is 1. The van der Waals surface area contributed by atoms with Gasteiger partial charge in [-0.25, -0.2) is 0 Å². The number of pyridine rings is 1. The van der Waals surface area contributed by atoms with Crippen molar-refractivity contribution >= 4 is 18.1 Å². The summed E-state index contributed by atoms with van der Waals surface area (Å²) < 4.78 is 5.73. The molecule has 126 valence electrons. The number of rotatable bonds is 4. The third kappa shape index (κ3) is 4.07. The Hall–Kier alpha value is -0.960. The summed E-state index contributed by atoms with van der Waals surface area (Å²) in [6, 6.07) is 2.73. The zero-order valence-corrected chi connectivity index (χ0v) is 15.5. The van der Waals surface area contributed by atoms with Gasteiger partial charge < -0.3 is 9.64 Å². The van der Waals surface area contributed by atoms with Crippen LogP contribution in [-0.2, 0) is 6.42 Å². The van der Waals surface area contributed by atoms with Crippen molar-refractivity contribution in [3.63, 3.8) is 0 Å². The van der Waals surface area contributed by atoms with E-state index in [1.54, 1.807) is 7.11 Å². The number of aryl methyl sites for hydroxylation is 1. The minimum atomic E-state index is 0. The van der Waals surface area contributed by atoms with Crippen molar-refractivity contribution in [2.75, 3.05) is 12.0 Å². The number of aromatic nitrogens is 1. The predicted octanol–water partition coefficient (Wildman–Crippen LogP) is 5.01. The lowest BCUT2D eigenvalue weighted by atomic mass is 9.90. The van der Waals surface area contributed by atoms with Gasteiger partial charge in [-0.1, -0.05) is 26.2 Å². The van der Waals surface area contributed by atoms with Gasteiger partial charge in [0.2, 0.25) is 0 Å².